The summed E-state index contributed by atoms with van der Waals surface area (Å²) < 4.78 is 0. The molecule has 111 valence electrons. The van der Waals surface area contributed by atoms with Crippen LogP contribution in [0.2, 0.25) is 0 Å². The third-order valence-electron chi connectivity index (χ3n) is 3.04. The van der Waals surface area contributed by atoms with Gasteiger partial charge in [-0.05, 0) is 16.3 Å². The Labute approximate surface area is 158 Å². The molecule has 0 heterocycles. The standard InChI is InChI=1S/C9H13.C6H7P.2ClH.H4Si.Ti/c1-6-5-7(2)9(4)8(6)3;7-6-4-2-1-3-5-6;;;;/h6H,1-4H3;1-5H,7H2;2*1H;1H4;/q-1;;;;;+3/p-2. The van der Waals surface area contributed by atoms with Crippen molar-refractivity contribution < 1.29 is 46.5 Å². The van der Waals surface area contributed by atoms with Crippen molar-refractivity contribution in [3.8, 4) is 0 Å². The first-order valence-corrected chi connectivity index (χ1v) is 6.18. The Balaban J connectivity index is -0.000000109. The summed E-state index contributed by atoms with van der Waals surface area (Å²) in [5.74, 6) is 0.560. The van der Waals surface area contributed by atoms with Gasteiger partial charge in [0.05, 0.1) is 0 Å². The molecule has 0 saturated carbocycles. The van der Waals surface area contributed by atoms with E-state index in [2.05, 4.69) is 43.0 Å². The van der Waals surface area contributed by atoms with Gasteiger partial charge in [0, 0.05) is 0 Å². The molecule has 0 fully saturated rings. The maximum absolute atomic E-state index is 3.36. The first kappa shape index (κ1) is 28.8. The molecule has 0 bridgehead atoms. The van der Waals surface area contributed by atoms with E-state index in [4.69, 9.17) is 0 Å². The number of rotatable bonds is 0. The Bertz CT molecular complexity index is 419. The quantitative estimate of drug-likeness (QED) is 0.248. The van der Waals surface area contributed by atoms with E-state index in [0.29, 0.717) is 5.92 Å². The molecule has 20 heavy (non-hydrogen) atoms. The Hall–Kier alpha value is 0.641. The van der Waals surface area contributed by atoms with Crippen LogP contribution < -0.4 is 30.1 Å². The molecule has 0 nitrogen and oxygen atoms in total. The molecule has 2 rings (SSSR count). The Morgan fingerprint density at radius 1 is 1.00 bits per heavy atom. The predicted molar refractivity (Wildman–Crippen MR) is 87.1 cm³/mol. The molecule has 2 unspecified atom stereocenters. The van der Waals surface area contributed by atoms with Crippen LogP contribution in [0.4, 0.5) is 0 Å². The first-order valence-electron chi connectivity index (χ1n) is 5.60. The van der Waals surface area contributed by atoms with E-state index in [1.807, 2.05) is 30.3 Å². The summed E-state index contributed by atoms with van der Waals surface area (Å²) in [6.45, 7) is 8.67. The summed E-state index contributed by atoms with van der Waals surface area (Å²) in [6, 6.07) is 10.1. The largest absolute Gasteiger partial charge is 3.00 e. The van der Waals surface area contributed by atoms with Crippen molar-refractivity contribution in [3.63, 3.8) is 0 Å². The maximum Gasteiger partial charge on any atom is 3.00 e. The summed E-state index contributed by atoms with van der Waals surface area (Å²) in [7, 11) is 2.63. The average Bonchev–Trinajstić information content (AvgIpc) is 2.48. The van der Waals surface area contributed by atoms with Crippen molar-refractivity contribution in [3.05, 3.63) is 53.1 Å². The van der Waals surface area contributed by atoms with E-state index in [-0.39, 0.29) is 57.5 Å². The number of hydrogen-bond acceptors (Lipinski definition) is 0. The van der Waals surface area contributed by atoms with Crippen LogP contribution in [-0.4, -0.2) is 11.0 Å². The van der Waals surface area contributed by atoms with Crippen molar-refractivity contribution in [2.24, 2.45) is 5.92 Å². The first-order chi connectivity index (χ1) is 7.52. The molecule has 1 aliphatic carbocycles. The molecule has 0 saturated heterocycles. The fourth-order valence-electron chi connectivity index (χ4n) is 1.61. The molecular weight excluding hydrogens is 358 g/mol. The Kier molecular flexibility index (Phi) is 21.0. The van der Waals surface area contributed by atoms with Gasteiger partial charge in [0.2, 0.25) is 0 Å². The van der Waals surface area contributed by atoms with Crippen molar-refractivity contribution in [1.29, 1.82) is 0 Å². The van der Waals surface area contributed by atoms with Crippen molar-refractivity contribution in [2.45, 2.75) is 27.7 Å². The van der Waals surface area contributed by atoms with Crippen molar-refractivity contribution in [2.75, 3.05) is 0 Å². The van der Waals surface area contributed by atoms with Gasteiger partial charge in [0.15, 0.2) is 0 Å². The molecule has 0 aliphatic heterocycles. The minimum absolute atomic E-state index is 0. The second-order valence-corrected chi connectivity index (χ2v) is 4.88. The molecule has 0 spiro atoms. The molecule has 1 aromatic rings. The monoisotopic (exact) mass is 381 g/mol. The van der Waals surface area contributed by atoms with Crippen LogP contribution in [0.3, 0.4) is 0 Å². The van der Waals surface area contributed by atoms with Gasteiger partial charge in [-0.25, -0.2) is 5.57 Å². The molecule has 0 N–H and O–H groups in total. The number of halogens is 2. The van der Waals surface area contributed by atoms with Gasteiger partial charge in [-0.15, -0.1) is 16.2 Å². The average molecular weight is 382 g/mol. The second kappa shape index (κ2) is 14.6. The molecule has 1 aromatic carbocycles. The van der Waals surface area contributed by atoms with Gasteiger partial charge >= 0.3 is 21.7 Å². The number of allylic oxidation sites excluding steroid dienone is 4. The van der Waals surface area contributed by atoms with Crippen LogP contribution >= 0.6 is 9.24 Å². The van der Waals surface area contributed by atoms with Crippen LogP contribution in [0.1, 0.15) is 27.7 Å². The smallest absolute Gasteiger partial charge is 1.00 e. The fourth-order valence-corrected chi connectivity index (χ4v) is 1.84. The zero-order valence-electron chi connectivity index (χ0n) is 11.8. The molecule has 0 amide bonds. The van der Waals surface area contributed by atoms with E-state index in [1.165, 1.54) is 22.0 Å². The Morgan fingerprint density at radius 2 is 1.45 bits per heavy atom. The summed E-state index contributed by atoms with van der Waals surface area (Å²) in [5.41, 5.74) is 4.25. The fraction of sp³-hybridized carbons (Fsp3) is 0.333. The topological polar surface area (TPSA) is 0 Å². The van der Waals surface area contributed by atoms with Crippen LogP contribution in [0, 0.1) is 12.0 Å². The van der Waals surface area contributed by atoms with Gasteiger partial charge in [0.1, 0.15) is 0 Å². The van der Waals surface area contributed by atoms with Gasteiger partial charge in [-0.1, -0.05) is 57.0 Å². The van der Waals surface area contributed by atoms with Crippen LogP contribution in [-0.2, 0) is 21.7 Å². The third-order valence-corrected chi connectivity index (χ3v) is 3.42. The molecule has 1 radical (unpaired) electrons. The van der Waals surface area contributed by atoms with Gasteiger partial charge in [-0.2, -0.15) is 11.1 Å². The summed E-state index contributed by atoms with van der Waals surface area (Å²) >= 11 is 0. The Morgan fingerprint density at radius 3 is 1.60 bits per heavy atom. The van der Waals surface area contributed by atoms with Gasteiger partial charge in [0.25, 0.3) is 0 Å². The van der Waals surface area contributed by atoms with Crippen LogP contribution in [0.15, 0.2) is 47.1 Å². The zero-order chi connectivity index (χ0) is 12.1. The van der Waals surface area contributed by atoms with E-state index in [9.17, 15) is 0 Å². The minimum Gasteiger partial charge on any atom is -1.00 e. The van der Waals surface area contributed by atoms with Crippen LogP contribution in [0.5, 0.6) is 0 Å². The normalized spacial score (nSPS) is 15.2. The van der Waals surface area contributed by atoms with Gasteiger partial charge in [-0.3, -0.25) is 6.08 Å². The second-order valence-electron chi connectivity index (χ2n) is 4.21. The minimum atomic E-state index is 0. The number of hydrogen-bond donors (Lipinski definition) is 0. The van der Waals surface area contributed by atoms with E-state index >= 15 is 0 Å². The van der Waals surface area contributed by atoms with Crippen molar-refractivity contribution >= 4 is 25.5 Å². The zero-order valence-corrected chi connectivity index (χ0v) is 16.0. The summed E-state index contributed by atoms with van der Waals surface area (Å²) in [5, 5.41) is 1.24. The maximum atomic E-state index is 3.36. The SMILES string of the molecule is CC1=[C-]C(C)C(C)=C1C.Pc1ccccc1.[Cl-].[Cl-].[SiH4].[Ti+3]. The number of benzene rings is 1. The molecule has 1 aliphatic rings. The van der Waals surface area contributed by atoms with E-state index in [0.717, 1.165) is 0 Å². The summed E-state index contributed by atoms with van der Waals surface area (Å²) in [4.78, 5) is 0. The van der Waals surface area contributed by atoms with Gasteiger partial charge < -0.3 is 24.8 Å². The molecule has 0 aromatic heterocycles. The van der Waals surface area contributed by atoms with Crippen LogP contribution in [0.25, 0.3) is 0 Å². The predicted octanol–water partition coefficient (Wildman–Crippen LogP) is -3.54. The third kappa shape index (κ3) is 9.55. The molecule has 2 atom stereocenters. The molecular formula is C15H24Cl2PSiTi. The van der Waals surface area contributed by atoms with E-state index < -0.39 is 0 Å². The van der Waals surface area contributed by atoms with Crippen molar-refractivity contribution in [1.82, 2.24) is 0 Å². The molecule has 5 heteroatoms. The van der Waals surface area contributed by atoms with E-state index in [1.54, 1.807) is 0 Å². The summed E-state index contributed by atoms with van der Waals surface area (Å²) in [6.07, 6.45) is 3.36.